The summed E-state index contributed by atoms with van der Waals surface area (Å²) in [7, 11) is 0. The molecule has 2 aliphatic heterocycles. The van der Waals surface area contributed by atoms with Crippen LogP contribution < -0.4 is 5.73 Å². The maximum absolute atomic E-state index is 12.9. The minimum absolute atomic E-state index is 0.387. The number of benzene rings is 2. The normalized spacial score (nSPS) is 21.5. The Balaban J connectivity index is 0.000000616. The van der Waals surface area contributed by atoms with Gasteiger partial charge in [-0.15, -0.1) is 0 Å². The Labute approximate surface area is 242 Å². The number of aliphatic hydroxyl groups is 2. The van der Waals surface area contributed by atoms with E-state index in [9.17, 15) is 33.0 Å². The molecule has 4 unspecified atom stereocenters. The van der Waals surface area contributed by atoms with Gasteiger partial charge in [-0.05, 0) is 68.2 Å². The fourth-order valence-corrected chi connectivity index (χ4v) is 5.77. The molecule has 2 bridgehead atoms. The van der Waals surface area contributed by atoms with Crippen LogP contribution in [-0.4, -0.2) is 86.5 Å². The molecular weight excluding hydrogens is 555 g/mol. The van der Waals surface area contributed by atoms with Crippen LogP contribution in [0.4, 0.5) is 13.2 Å². The number of carboxylic acids is 1. The molecular formula is C30H38F3N3O6. The predicted octanol–water partition coefficient (Wildman–Crippen LogP) is 3.29. The minimum Gasteiger partial charge on any atom is -0.475 e. The predicted molar refractivity (Wildman–Crippen MR) is 148 cm³/mol. The highest BCUT2D eigenvalue weighted by atomic mass is 19.4. The van der Waals surface area contributed by atoms with Crippen molar-refractivity contribution in [2.45, 2.75) is 82.0 Å². The zero-order chi connectivity index (χ0) is 31.0. The number of hydrogen-bond acceptors (Lipinski definition) is 6. The lowest BCUT2D eigenvalue weighted by molar-refractivity contribution is -0.192. The number of aliphatic carboxylic acids is 1. The molecule has 0 aliphatic carbocycles. The van der Waals surface area contributed by atoms with Crippen LogP contribution in [0.5, 0.6) is 0 Å². The van der Waals surface area contributed by atoms with Crippen LogP contribution in [0.3, 0.4) is 0 Å². The van der Waals surface area contributed by atoms with Crippen LogP contribution >= 0.6 is 0 Å². The average Bonchev–Trinajstić information content (AvgIpc) is 3.17. The van der Waals surface area contributed by atoms with E-state index >= 15 is 0 Å². The fourth-order valence-electron chi connectivity index (χ4n) is 5.77. The van der Waals surface area contributed by atoms with Crippen molar-refractivity contribution < 1.29 is 42.9 Å². The largest absolute Gasteiger partial charge is 0.490 e. The van der Waals surface area contributed by atoms with Crippen molar-refractivity contribution in [1.29, 1.82) is 0 Å². The standard InChI is InChI=1S/C28H37N3O4.C2HF3O2/c1-19(32)26(33)28(35)30(18-20-7-3-2-4-8-20)13-6-14-31-24-11-12-25(31)17-23(16-24)21-9-5-10-22(15-21)27(29)34;3-2(4,5)1(6)7/h2-5,7-10,15,19,23-26,32-33H,6,11-14,16-18H2,1H3,(H2,29,34);(H,6,7). The van der Waals surface area contributed by atoms with Gasteiger partial charge in [-0.1, -0.05) is 42.5 Å². The van der Waals surface area contributed by atoms with Crippen LogP contribution in [-0.2, 0) is 16.1 Å². The van der Waals surface area contributed by atoms with Crippen molar-refractivity contribution in [1.82, 2.24) is 9.80 Å². The van der Waals surface area contributed by atoms with E-state index in [1.165, 1.54) is 25.3 Å². The highest BCUT2D eigenvalue weighted by Crippen LogP contribution is 2.43. The fraction of sp³-hybridized carbons (Fsp3) is 0.500. The molecule has 2 amide bonds. The van der Waals surface area contributed by atoms with E-state index in [2.05, 4.69) is 11.0 Å². The summed E-state index contributed by atoms with van der Waals surface area (Å²) >= 11 is 0. The van der Waals surface area contributed by atoms with Crippen molar-refractivity contribution in [3.8, 4) is 0 Å². The number of nitrogens with two attached hydrogens (primary N) is 1. The molecule has 0 spiro atoms. The third-order valence-corrected chi connectivity index (χ3v) is 7.85. The number of carbonyl (C=O) groups is 3. The molecule has 230 valence electrons. The Bertz CT molecular complexity index is 1200. The third kappa shape index (κ3) is 9.01. The van der Waals surface area contributed by atoms with Gasteiger partial charge in [0.2, 0.25) is 5.91 Å². The Hall–Kier alpha value is -3.48. The summed E-state index contributed by atoms with van der Waals surface area (Å²) in [4.78, 5) is 37.6. The van der Waals surface area contributed by atoms with E-state index in [4.69, 9.17) is 15.6 Å². The Kier molecular flexibility index (Phi) is 11.5. The lowest BCUT2D eigenvalue weighted by Gasteiger charge is -2.39. The van der Waals surface area contributed by atoms with Crippen molar-refractivity contribution >= 4 is 17.8 Å². The Morgan fingerprint density at radius 1 is 1.02 bits per heavy atom. The molecule has 2 aliphatic rings. The first-order chi connectivity index (χ1) is 19.8. The molecule has 0 saturated carbocycles. The van der Waals surface area contributed by atoms with Gasteiger partial charge in [-0.25, -0.2) is 4.79 Å². The van der Waals surface area contributed by atoms with Crippen molar-refractivity contribution in [2.24, 2.45) is 5.73 Å². The molecule has 5 N–H and O–H groups in total. The number of halogens is 3. The van der Waals surface area contributed by atoms with E-state index in [0.29, 0.717) is 36.7 Å². The van der Waals surface area contributed by atoms with E-state index < -0.39 is 30.3 Å². The van der Waals surface area contributed by atoms with Crippen molar-refractivity contribution in [2.75, 3.05) is 13.1 Å². The smallest absolute Gasteiger partial charge is 0.475 e. The molecule has 2 fully saturated rings. The number of carbonyl (C=O) groups excluding carboxylic acids is 2. The summed E-state index contributed by atoms with van der Waals surface area (Å²) in [6.07, 6.45) is -2.34. The molecule has 4 rings (SSSR count). The van der Waals surface area contributed by atoms with Crippen molar-refractivity contribution in [3.05, 3.63) is 71.3 Å². The average molecular weight is 594 g/mol. The van der Waals surface area contributed by atoms with Gasteiger partial charge in [0.05, 0.1) is 6.10 Å². The number of rotatable bonds is 10. The highest BCUT2D eigenvalue weighted by Gasteiger charge is 2.41. The van der Waals surface area contributed by atoms with Gasteiger partial charge in [0.25, 0.3) is 5.91 Å². The first-order valence-electron chi connectivity index (χ1n) is 13.9. The lowest BCUT2D eigenvalue weighted by atomic mass is 9.84. The van der Waals surface area contributed by atoms with E-state index in [1.807, 2.05) is 42.5 Å². The molecule has 2 aromatic carbocycles. The summed E-state index contributed by atoms with van der Waals surface area (Å²) < 4.78 is 31.7. The molecule has 0 aromatic heterocycles. The Morgan fingerprint density at radius 2 is 1.62 bits per heavy atom. The summed E-state index contributed by atoms with van der Waals surface area (Å²) in [5, 5.41) is 27.1. The highest BCUT2D eigenvalue weighted by molar-refractivity contribution is 5.92. The van der Waals surface area contributed by atoms with Gasteiger partial charge in [0, 0.05) is 37.3 Å². The number of piperidine rings is 1. The number of fused-ring (bicyclic) bond motifs is 2. The topological polar surface area (TPSA) is 144 Å². The maximum Gasteiger partial charge on any atom is 0.490 e. The number of amides is 2. The van der Waals surface area contributed by atoms with Crippen molar-refractivity contribution in [3.63, 3.8) is 0 Å². The van der Waals surface area contributed by atoms with Gasteiger partial charge >= 0.3 is 12.1 Å². The molecule has 42 heavy (non-hydrogen) atoms. The SMILES string of the molecule is CC(O)C(O)C(=O)N(CCCN1C2CCC1CC(c1cccc(C(N)=O)c1)C2)Cc1ccccc1.O=C(O)C(F)(F)F. The summed E-state index contributed by atoms with van der Waals surface area (Å²) in [6.45, 7) is 3.27. The van der Waals surface area contributed by atoms with E-state index in [0.717, 1.165) is 31.4 Å². The third-order valence-electron chi connectivity index (χ3n) is 7.85. The molecule has 2 aromatic rings. The van der Waals surface area contributed by atoms with Crippen LogP contribution in [0.2, 0.25) is 0 Å². The molecule has 2 heterocycles. The summed E-state index contributed by atoms with van der Waals surface area (Å²) in [5.41, 5.74) is 8.25. The number of primary amides is 1. The lowest BCUT2D eigenvalue weighted by Crippen LogP contribution is -2.46. The number of alkyl halides is 3. The summed E-state index contributed by atoms with van der Waals surface area (Å²) in [6, 6.07) is 18.5. The van der Waals surface area contributed by atoms with Crippen LogP contribution in [0.15, 0.2) is 54.6 Å². The van der Waals surface area contributed by atoms with Gasteiger partial charge in [-0.3, -0.25) is 14.5 Å². The van der Waals surface area contributed by atoms with E-state index in [-0.39, 0.29) is 5.91 Å². The van der Waals surface area contributed by atoms with Crippen LogP contribution in [0.25, 0.3) is 0 Å². The molecule has 9 nitrogen and oxygen atoms in total. The van der Waals surface area contributed by atoms with Gasteiger partial charge in [0.15, 0.2) is 6.10 Å². The Morgan fingerprint density at radius 3 is 2.14 bits per heavy atom. The monoisotopic (exact) mass is 593 g/mol. The first-order valence-corrected chi connectivity index (χ1v) is 13.9. The number of aliphatic hydroxyl groups excluding tert-OH is 2. The summed E-state index contributed by atoms with van der Waals surface area (Å²) in [5.74, 6) is -3.14. The number of hydrogen-bond donors (Lipinski definition) is 4. The second kappa shape index (κ2) is 14.6. The van der Waals surface area contributed by atoms with Crippen LogP contribution in [0, 0.1) is 0 Å². The van der Waals surface area contributed by atoms with E-state index in [1.54, 1.807) is 11.0 Å². The zero-order valence-corrected chi connectivity index (χ0v) is 23.4. The van der Waals surface area contributed by atoms with Gasteiger partial charge < -0.3 is 26.0 Å². The first kappa shape index (κ1) is 33.0. The second-order valence-corrected chi connectivity index (χ2v) is 10.9. The number of nitrogens with zero attached hydrogens (tertiary/aromatic N) is 2. The molecule has 12 heteroatoms. The second-order valence-electron chi connectivity index (χ2n) is 10.9. The zero-order valence-electron chi connectivity index (χ0n) is 23.4. The van der Waals surface area contributed by atoms with Crippen LogP contribution in [0.1, 0.15) is 66.4 Å². The maximum atomic E-state index is 12.9. The molecule has 0 radical (unpaired) electrons. The number of carboxylic acid groups (broad SMARTS) is 1. The quantitative estimate of drug-likeness (QED) is 0.331. The van der Waals surface area contributed by atoms with Gasteiger partial charge in [0.1, 0.15) is 0 Å². The van der Waals surface area contributed by atoms with Gasteiger partial charge in [-0.2, -0.15) is 13.2 Å². The minimum atomic E-state index is -5.08. The molecule has 2 saturated heterocycles. The molecule has 4 atom stereocenters.